The number of esters is 1. The zero-order valence-electron chi connectivity index (χ0n) is 12.8. The molecule has 0 aromatic carbocycles. The van der Waals surface area contributed by atoms with E-state index in [9.17, 15) is 4.79 Å². The molecule has 0 amide bonds. The summed E-state index contributed by atoms with van der Waals surface area (Å²) in [5.41, 5.74) is 5.13. The highest BCUT2D eigenvalue weighted by Crippen LogP contribution is 2.18. The van der Waals surface area contributed by atoms with Crippen molar-refractivity contribution in [2.75, 3.05) is 39.8 Å². The van der Waals surface area contributed by atoms with E-state index in [0.29, 0.717) is 19.2 Å². The Morgan fingerprint density at radius 3 is 2.79 bits per heavy atom. The highest BCUT2D eigenvalue weighted by molar-refractivity contribution is 5.80. The van der Waals surface area contributed by atoms with Crippen LogP contribution < -0.4 is 5.73 Å². The van der Waals surface area contributed by atoms with Crippen LogP contribution in [0.1, 0.15) is 33.6 Å². The maximum atomic E-state index is 11.8. The number of hydrogen-bond donors (Lipinski definition) is 1. The van der Waals surface area contributed by atoms with Crippen LogP contribution >= 0.6 is 0 Å². The topological polar surface area (TPSA) is 58.8 Å². The Balaban J connectivity index is 2.45. The molecule has 0 aromatic heterocycles. The summed E-state index contributed by atoms with van der Waals surface area (Å²) in [5.74, 6) is -0.319. The summed E-state index contributed by atoms with van der Waals surface area (Å²) in [4.78, 5) is 16.4. The van der Waals surface area contributed by atoms with Crippen LogP contribution in [-0.4, -0.2) is 67.2 Å². The highest BCUT2D eigenvalue weighted by atomic mass is 16.5. The van der Waals surface area contributed by atoms with Gasteiger partial charge in [0.05, 0.1) is 6.61 Å². The van der Waals surface area contributed by atoms with Crippen molar-refractivity contribution in [2.45, 2.75) is 45.2 Å². The standard InChI is InChI=1S/C14H29N3O2/c1-5-17-9-7-8-12(17)10-16(4)11-14(3,15)13(18)19-6-2/h12H,5-11,15H2,1-4H3. The minimum Gasteiger partial charge on any atom is -0.465 e. The van der Waals surface area contributed by atoms with E-state index >= 15 is 0 Å². The number of nitrogens with zero attached hydrogens (tertiary/aromatic N) is 2. The van der Waals surface area contributed by atoms with Crippen molar-refractivity contribution < 1.29 is 9.53 Å². The monoisotopic (exact) mass is 271 g/mol. The van der Waals surface area contributed by atoms with Crippen molar-refractivity contribution in [3.63, 3.8) is 0 Å². The Morgan fingerprint density at radius 1 is 1.53 bits per heavy atom. The molecule has 2 N–H and O–H groups in total. The maximum Gasteiger partial charge on any atom is 0.327 e. The first-order chi connectivity index (χ1) is 8.90. The molecule has 1 rings (SSSR count). The van der Waals surface area contributed by atoms with Crippen molar-refractivity contribution in [3.8, 4) is 0 Å². The molecule has 1 fully saturated rings. The smallest absolute Gasteiger partial charge is 0.327 e. The maximum absolute atomic E-state index is 11.8. The van der Waals surface area contributed by atoms with E-state index < -0.39 is 5.54 Å². The number of likely N-dealkylation sites (tertiary alicyclic amines) is 1. The van der Waals surface area contributed by atoms with Crippen LogP contribution in [0.5, 0.6) is 0 Å². The van der Waals surface area contributed by atoms with Crippen LogP contribution in [0.3, 0.4) is 0 Å². The molecule has 0 saturated carbocycles. The summed E-state index contributed by atoms with van der Waals surface area (Å²) in [7, 11) is 2.02. The van der Waals surface area contributed by atoms with Gasteiger partial charge in [-0.25, -0.2) is 0 Å². The third-order valence-electron chi connectivity index (χ3n) is 3.77. The van der Waals surface area contributed by atoms with Crippen LogP contribution in [0.2, 0.25) is 0 Å². The van der Waals surface area contributed by atoms with Gasteiger partial charge in [0.1, 0.15) is 5.54 Å². The Morgan fingerprint density at radius 2 is 2.21 bits per heavy atom. The van der Waals surface area contributed by atoms with E-state index in [1.54, 1.807) is 13.8 Å². The number of ether oxygens (including phenoxy) is 1. The molecule has 0 radical (unpaired) electrons. The molecule has 2 atom stereocenters. The summed E-state index contributed by atoms with van der Waals surface area (Å²) < 4.78 is 5.02. The Labute approximate surface area is 117 Å². The summed E-state index contributed by atoms with van der Waals surface area (Å²) in [5, 5.41) is 0. The van der Waals surface area contributed by atoms with Gasteiger partial charge in [-0.05, 0) is 46.8 Å². The lowest BCUT2D eigenvalue weighted by Crippen LogP contribution is -2.55. The summed E-state index contributed by atoms with van der Waals surface area (Å²) >= 11 is 0. The van der Waals surface area contributed by atoms with E-state index in [1.807, 2.05) is 7.05 Å². The normalized spacial score (nSPS) is 23.6. The Bertz CT molecular complexity index is 294. The first kappa shape index (κ1) is 16.4. The van der Waals surface area contributed by atoms with E-state index in [0.717, 1.165) is 13.1 Å². The third-order valence-corrected chi connectivity index (χ3v) is 3.77. The van der Waals surface area contributed by atoms with Crippen LogP contribution in [0.25, 0.3) is 0 Å². The quantitative estimate of drug-likeness (QED) is 0.690. The fourth-order valence-electron chi connectivity index (χ4n) is 2.86. The summed E-state index contributed by atoms with van der Waals surface area (Å²) in [6, 6.07) is 0.591. The molecule has 1 aliphatic heterocycles. The molecule has 5 nitrogen and oxygen atoms in total. The van der Waals surface area contributed by atoms with Gasteiger partial charge >= 0.3 is 5.97 Å². The minimum atomic E-state index is -0.930. The average molecular weight is 271 g/mol. The number of likely N-dealkylation sites (N-methyl/N-ethyl adjacent to an activating group) is 2. The van der Waals surface area contributed by atoms with Crippen molar-refractivity contribution in [1.82, 2.24) is 9.80 Å². The fraction of sp³-hybridized carbons (Fsp3) is 0.929. The van der Waals surface area contributed by atoms with Gasteiger partial charge in [0, 0.05) is 19.1 Å². The summed E-state index contributed by atoms with van der Waals surface area (Å²) in [6.07, 6.45) is 2.50. The van der Waals surface area contributed by atoms with Gasteiger partial charge in [0.25, 0.3) is 0 Å². The lowest BCUT2D eigenvalue weighted by atomic mass is 10.0. The van der Waals surface area contributed by atoms with Crippen molar-refractivity contribution in [3.05, 3.63) is 0 Å². The van der Waals surface area contributed by atoms with Gasteiger partial charge in [0.15, 0.2) is 0 Å². The molecule has 0 spiro atoms. The average Bonchev–Trinajstić information content (AvgIpc) is 2.75. The number of rotatable bonds is 7. The van der Waals surface area contributed by atoms with Gasteiger partial charge in [0.2, 0.25) is 0 Å². The second kappa shape index (κ2) is 7.22. The fourth-order valence-corrected chi connectivity index (χ4v) is 2.86. The van der Waals surface area contributed by atoms with Crippen molar-refractivity contribution >= 4 is 5.97 Å². The molecule has 5 heteroatoms. The lowest BCUT2D eigenvalue weighted by molar-refractivity contribution is -0.149. The summed E-state index contributed by atoms with van der Waals surface area (Å²) in [6.45, 7) is 9.89. The second-order valence-corrected chi connectivity index (χ2v) is 5.76. The van der Waals surface area contributed by atoms with Crippen LogP contribution in [0, 0.1) is 0 Å². The molecule has 1 aliphatic rings. The van der Waals surface area contributed by atoms with Crippen LogP contribution in [0.15, 0.2) is 0 Å². The molecule has 1 heterocycles. The predicted molar refractivity (Wildman–Crippen MR) is 77.0 cm³/mol. The molecule has 0 bridgehead atoms. The number of nitrogens with two attached hydrogens (primary N) is 1. The Kier molecular flexibility index (Phi) is 6.23. The molecule has 2 unspecified atom stereocenters. The zero-order valence-corrected chi connectivity index (χ0v) is 12.8. The zero-order chi connectivity index (χ0) is 14.5. The SMILES string of the molecule is CCOC(=O)C(C)(N)CN(C)CC1CCCN1CC. The van der Waals surface area contributed by atoms with E-state index in [2.05, 4.69) is 16.7 Å². The van der Waals surface area contributed by atoms with E-state index in [-0.39, 0.29) is 5.97 Å². The first-order valence-corrected chi connectivity index (χ1v) is 7.29. The number of hydrogen-bond acceptors (Lipinski definition) is 5. The molecular formula is C14H29N3O2. The third kappa shape index (κ3) is 4.75. The molecule has 112 valence electrons. The Hall–Kier alpha value is -0.650. The molecule has 19 heavy (non-hydrogen) atoms. The van der Waals surface area contributed by atoms with Gasteiger partial charge in [-0.2, -0.15) is 0 Å². The second-order valence-electron chi connectivity index (χ2n) is 5.76. The van der Waals surface area contributed by atoms with E-state index in [4.69, 9.17) is 10.5 Å². The minimum absolute atomic E-state index is 0.319. The van der Waals surface area contributed by atoms with E-state index in [1.165, 1.54) is 19.4 Å². The molecule has 1 saturated heterocycles. The van der Waals surface area contributed by atoms with Crippen molar-refractivity contribution in [1.29, 1.82) is 0 Å². The van der Waals surface area contributed by atoms with Crippen LogP contribution in [0.4, 0.5) is 0 Å². The van der Waals surface area contributed by atoms with Gasteiger partial charge in [-0.15, -0.1) is 0 Å². The first-order valence-electron chi connectivity index (χ1n) is 7.29. The van der Waals surface area contributed by atoms with Gasteiger partial charge in [-0.1, -0.05) is 6.92 Å². The predicted octanol–water partition coefficient (Wildman–Crippen LogP) is 0.683. The number of carbonyl (C=O) groups excluding carboxylic acids is 1. The lowest BCUT2D eigenvalue weighted by Gasteiger charge is -2.32. The molecule has 0 aromatic rings. The molecule has 0 aliphatic carbocycles. The van der Waals surface area contributed by atoms with Crippen LogP contribution in [-0.2, 0) is 9.53 Å². The largest absolute Gasteiger partial charge is 0.465 e. The van der Waals surface area contributed by atoms with Gasteiger partial charge in [-0.3, -0.25) is 9.69 Å². The highest BCUT2D eigenvalue weighted by Gasteiger charge is 2.33. The van der Waals surface area contributed by atoms with Gasteiger partial charge < -0.3 is 15.4 Å². The molecular weight excluding hydrogens is 242 g/mol. The van der Waals surface area contributed by atoms with Crippen molar-refractivity contribution in [2.24, 2.45) is 5.73 Å². The number of carbonyl (C=O) groups is 1.